The van der Waals surface area contributed by atoms with E-state index >= 15 is 0 Å². The van der Waals surface area contributed by atoms with Crippen LogP contribution >= 0.6 is 0 Å². The molecule has 1 rings (SSSR count). The molecule has 0 aliphatic carbocycles. The molecule has 0 aliphatic heterocycles. The van der Waals surface area contributed by atoms with Gasteiger partial charge in [0.05, 0.1) is 0 Å². The number of aromatic nitrogens is 2. The molecule has 0 saturated heterocycles. The highest BCUT2D eigenvalue weighted by Crippen LogP contribution is 2.05. The molecule has 0 aliphatic rings. The molecule has 0 saturated carbocycles. The quantitative estimate of drug-likeness (QED) is 0.757. The van der Waals surface area contributed by atoms with Gasteiger partial charge in [-0.1, -0.05) is 5.16 Å². The summed E-state index contributed by atoms with van der Waals surface area (Å²) in [6.45, 7) is 2.21. The van der Waals surface area contributed by atoms with Crippen molar-refractivity contribution in [1.29, 1.82) is 0 Å². The molecular weight excluding hydrogens is 250 g/mol. The number of carboxylic acids is 1. The first-order valence-corrected chi connectivity index (χ1v) is 6.24. The number of aliphatic carboxylic acids is 1. The van der Waals surface area contributed by atoms with Gasteiger partial charge in [-0.15, -0.1) is 0 Å². The van der Waals surface area contributed by atoms with Crippen LogP contribution in [0.25, 0.3) is 0 Å². The van der Waals surface area contributed by atoms with Crippen molar-refractivity contribution in [1.82, 2.24) is 15.0 Å². The van der Waals surface area contributed by atoms with Gasteiger partial charge in [-0.3, -0.25) is 9.59 Å². The van der Waals surface area contributed by atoms with Gasteiger partial charge in [0.15, 0.2) is 5.82 Å². The minimum Gasteiger partial charge on any atom is -0.481 e. The van der Waals surface area contributed by atoms with E-state index in [-0.39, 0.29) is 12.3 Å². The Morgan fingerprint density at radius 1 is 1.32 bits per heavy atom. The normalized spacial score (nSPS) is 10.4. The number of hydrogen-bond donors (Lipinski definition) is 1. The Morgan fingerprint density at radius 3 is 2.63 bits per heavy atom. The lowest BCUT2D eigenvalue weighted by Crippen LogP contribution is -2.27. The number of carboxylic acid groups (broad SMARTS) is 1. The average Bonchev–Trinajstić information content (AvgIpc) is 2.74. The molecule has 1 aromatic rings. The predicted octanol–water partition coefficient (Wildman–Crippen LogP) is 1.02. The van der Waals surface area contributed by atoms with Crippen molar-refractivity contribution in [3.63, 3.8) is 0 Å². The summed E-state index contributed by atoms with van der Waals surface area (Å²) in [5.41, 5.74) is 0. The first kappa shape index (κ1) is 15.1. The van der Waals surface area contributed by atoms with E-state index < -0.39 is 5.97 Å². The molecule has 0 spiro atoms. The van der Waals surface area contributed by atoms with Gasteiger partial charge in [0.25, 0.3) is 0 Å². The van der Waals surface area contributed by atoms with Crippen LogP contribution in [0.5, 0.6) is 0 Å². The second kappa shape index (κ2) is 7.50. The van der Waals surface area contributed by atoms with Gasteiger partial charge >= 0.3 is 5.97 Å². The van der Waals surface area contributed by atoms with Gasteiger partial charge in [0, 0.05) is 32.9 Å². The van der Waals surface area contributed by atoms with Crippen molar-refractivity contribution in [3.05, 3.63) is 11.7 Å². The van der Waals surface area contributed by atoms with Crippen LogP contribution < -0.4 is 0 Å². The van der Waals surface area contributed by atoms with Crippen molar-refractivity contribution >= 4 is 11.9 Å². The van der Waals surface area contributed by atoms with Gasteiger partial charge in [-0.2, -0.15) is 4.98 Å². The van der Waals surface area contributed by atoms with Crippen molar-refractivity contribution in [2.45, 2.75) is 39.0 Å². The molecule has 1 N–H and O–H groups in total. The van der Waals surface area contributed by atoms with Gasteiger partial charge in [-0.25, -0.2) is 0 Å². The van der Waals surface area contributed by atoms with E-state index in [4.69, 9.17) is 9.63 Å². The maximum atomic E-state index is 11.7. The summed E-state index contributed by atoms with van der Waals surface area (Å²) in [5, 5.41) is 12.2. The molecule has 7 heteroatoms. The Hall–Kier alpha value is -1.92. The van der Waals surface area contributed by atoms with E-state index in [1.165, 1.54) is 0 Å². The van der Waals surface area contributed by atoms with Crippen LogP contribution in [0.3, 0.4) is 0 Å². The number of hydrogen-bond acceptors (Lipinski definition) is 5. The highest BCUT2D eigenvalue weighted by atomic mass is 16.5. The van der Waals surface area contributed by atoms with E-state index in [1.54, 1.807) is 18.9 Å². The lowest BCUT2D eigenvalue weighted by molar-refractivity contribution is -0.138. The average molecular weight is 269 g/mol. The molecule has 1 heterocycles. The predicted molar refractivity (Wildman–Crippen MR) is 66.5 cm³/mol. The van der Waals surface area contributed by atoms with Crippen molar-refractivity contribution in [2.24, 2.45) is 0 Å². The summed E-state index contributed by atoms with van der Waals surface area (Å²) in [6.07, 6.45) is 2.17. The van der Waals surface area contributed by atoms with E-state index in [1.807, 2.05) is 0 Å². The number of nitrogens with zero attached hydrogens (tertiary/aromatic N) is 3. The molecule has 1 amide bonds. The summed E-state index contributed by atoms with van der Waals surface area (Å²) in [5.74, 6) is 0.292. The highest BCUT2D eigenvalue weighted by molar-refractivity contribution is 5.75. The van der Waals surface area contributed by atoms with Crippen LogP contribution in [0, 0.1) is 6.92 Å². The summed E-state index contributed by atoms with van der Waals surface area (Å²) in [7, 11) is 1.68. The number of carbonyl (C=O) groups is 2. The number of rotatable bonds is 8. The molecule has 0 bridgehead atoms. The topological polar surface area (TPSA) is 96.5 Å². The Labute approximate surface area is 111 Å². The van der Waals surface area contributed by atoms with Gasteiger partial charge < -0.3 is 14.5 Å². The maximum Gasteiger partial charge on any atom is 0.303 e. The molecule has 7 nitrogen and oxygen atoms in total. The third-order valence-electron chi connectivity index (χ3n) is 2.66. The fourth-order valence-corrected chi connectivity index (χ4v) is 1.62. The van der Waals surface area contributed by atoms with E-state index in [9.17, 15) is 9.59 Å². The second-order valence-corrected chi connectivity index (χ2v) is 4.40. The molecule has 0 radical (unpaired) electrons. The van der Waals surface area contributed by atoms with Crippen LogP contribution in [0.1, 0.15) is 37.4 Å². The number of aryl methyl sites for hydroxylation is 2. The number of amides is 1. The van der Waals surface area contributed by atoms with Crippen molar-refractivity contribution < 1.29 is 19.2 Å². The largest absolute Gasteiger partial charge is 0.481 e. The summed E-state index contributed by atoms with van der Waals surface area (Å²) >= 11 is 0. The molecular formula is C12H19N3O4. The van der Waals surface area contributed by atoms with Crippen LogP contribution in [0.4, 0.5) is 0 Å². The third kappa shape index (κ3) is 5.98. The minimum atomic E-state index is -0.840. The molecule has 0 fully saturated rings. The van der Waals surface area contributed by atoms with Crippen molar-refractivity contribution in [2.75, 3.05) is 13.6 Å². The monoisotopic (exact) mass is 269 g/mol. The van der Waals surface area contributed by atoms with Gasteiger partial charge in [-0.05, 0) is 19.8 Å². The lowest BCUT2D eigenvalue weighted by Gasteiger charge is -2.16. The summed E-state index contributed by atoms with van der Waals surface area (Å²) in [4.78, 5) is 27.7. The van der Waals surface area contributed by atoms with Crippen LogP contribution in [-0.4, -0.2) is 45.6 Å². The zero-order valence-corrected chi connectivity index (χ0v) is 11.3. The molecule has 19 heavy (non-hydrogen) atoms. The Balaban J connectivity index is 2.17. The molecule has 0 atom stereocenters. The third-order valence-corrected chi connectivity index (χ3v) is 2.66. The zero-order chi connectivity index (χ0) is 14.3. The van der Waals surface area contributed by atoms with Gasteiger partial charge in [0.1, 0.15) is 0 Å². The Kier molecular flexibility index (Phi) is 5.98. The van der Waals surface area contributed by atoms with Crippen molar-refractivity contribution in [3.8, 4) is 0 Å². The lowest BCUT2D eigenvalue weighted by atomic mass is 10.2. The molecule has 0 unspecified atom stereocenters. The molecule has 0 aromatic carbocycles. The minimum absolute atomic E-state index is 0.00151. The SMILES string of the molecule is Cc1noc(CCCC(=O)N(C)CCCC(=O)O)n1. The standard InChI is InChI=1S/C12H19N3O4/c1-9-13-10(19-14-9)5-3-6-11(16)15(2)8-4-7-12(17)18/h3-8H2,1-2H3,(H,17,18). The van der Waals surface area contributed by atoms with E-state index in [0.29, 0.717) is 43.9 Å². The summed E-state index contributed by atoms with van der Waals surface area (Å²) in [6, 6.07) is 0. The second-order valence-electron chi connectivity index (χ2n) is 4.40. The van der Waals surface area contributed by atoms with Crippen LogP contribution in [0.15, 0.2) is 4.52 Å². The van der Waals surface area contributed by atoms with E-state index in [2.05, 4.69) is 10.1 Å². The Bertz CT molecular complexity index is 430. The van der Waals surface area contributed by atoms with E-state index in [0.717, 1.165) is 0 Å². The fraction of sp³-hybridized carbons (Fsp3) is 0.667. The zero-order valence-electron chi connectivity index (χ0n) is 11.3. The van der Waals surface area contributed by atoms with Gasteiger partial charge in [0.2, 0.25) is 11.8 Å². The summed E-state index contributed by atoms with van der Waals surface area (Å²) < 4.78 is 4.95. The fourth-order valence-electron chi connectivity index (χ4n) is 1.62. The Morgan fingerprint density at radius 2 is 2.05 bits per heavy atom. The molecule has 106 valence electrons. The smallest absolute Gasteiger partial charge is 0.303 e. The van der Waals surface area contributed by atoms with Crippen LogP contribution in [0.2, 0.25) is 0 Å². The van der Waals surface area contributed by atoms with Crippen LogP contribution in [-0.2, 0) is 16.0 Å². The first-order valence-electron chi connectivity index (χ1n) is 6.24. The highest BCUT2D eigenvalue weighted by Gasteiger charge is 2.10. The number of carbonyl (C=O) groups excluding carboxylic acids is 1. The maximum absolute atomic E-state index is 11.7. The molecule has 1 aromatic heterocycles. The first-order chi connectivity index (χ1) is 8.99.